The van der Waals surface area contributed by atoms with Crippen LogP contribution in [0.15, 0.2) is 42.5 Å². The molecule has 0 fully saturated rings. The number of carbonyl (C=O) groups excluding carboxylic acids is 2. The molecule has 2 aromatic carbocycles. The third-order valence-electron chi connectivity index (χ3n) is 3.92. The van der Waals surface area contributed by atoms with Crippen molar-refractivity contribution in [3.05, 3.63) is 63.6 Å². The highest BCUT2D eigenvalue weighted by Gasteiger charge is 2.16. The van der Waals surface area contributed by atoms with Crippen molar-refractivity contribution in [2.75, 3.05) is 13.1 Å². The lowest BCUT2D eigenvalue weighted by molar-refractivity contribution is -0.127. The first kappa shape index (κ1) is 22.0. The van der Waals surface area contributed by atoms with Crippen LogP contribution in [-0.2, 0) is 11.3 Å². The lowest BCUT2D eigenvalue weighted by atomic mass is 10.1. The van der Waals surface area contributed by atoms with E-state index in [4.69, 9.17) is 33.7 Å². The van der Waals surface area contributed by atoms with E-state index in [9.17, 15) is 9.59 Å². The van der Waals surface area contributed by atoms with Gasteiger partial charge in [-0.05, 0) is 55.8 Å². The van der Waals surface area contributed by atoms with Crippen LogP contribution in [0, 0.1) is 0 Å². The van der Waals surface area contributed by atoms with Gasteiger partial charge in [0.2, 0.25) is 0 Å². The van der Waals surface area contributed by atoms with Crippen molar-refractivity contribution in [3.8, 4) is 5.75 Å². The van der Waals surface area contributed by atoms with Gasteiger partial charge in [-0.1, -0.05) is 35.3 Å². The van der Waals surface area contributed by atoms with Gasteiger partial charge in [-0.3, -0.25) is 9.59 Å². The van der Waals surface area contributed by atoms with Crippen LogP contribution in [0.5, 0.6) is 5.75 Å². The summed E-state index contributed by atoms with van der Waals surface area (Å²) >= 11 is 11.9. The van der Waals surface area contributed by atoms with E-state index >= 15 is 0 Å². The average Bonchev–Trinajstić information content (AvgIpc) is 2.68. The molecule has 0 saturated heterocycles. The van der Waals surface area contributed by atoms with E-state index in [-0.39, 0.29) is 11.8 Å². The first-order valence-electron chi connectivity index (χ1n) is 8.87. The maximum Gasteiger partial charge on any atom is 0.261 e. The predicted molar refractivity (Wildman–Crippen MR) is 111 cm³/mol. The number of nitrogens with two attached hydrogens (primary N) is 1. The Morgan fingerprint density at radius 3 is 2.46 bits per heavy atom. The number of carbonyl (C=O) groups is 2. The van der Waals surface area contributed by atoms with Crippen molar-refractivity contribution in [2.45, 2.75) is 26.0 Å². The number of benzene rings is 2. The van der Waals surface area contributed by atoms with Gasteiger partial charge in [0.25, 0.3) is 11.8 Å². The van der Waals surface area contributed by atoms with Gasteiger partial charge in [0.1, 0.15) is 5.75 Å². The van der Waals surface area contributed by atoms with Crippen LogP contribution in [0.4, 0.5) is 0 Å². The van der Waals surface area contributed by atoms with Crippen LogP contribution in [0.25, 0.3) is 0 Å². The van der Waals surface area contributed by atoms with Crippen LogP contribution in [-0.4, -0.2) is 31.0 Å². The summed E-state index contributed by atoms with van der Waals surface area (Å²) in [7, 11) is 0. The van der Waals surface area contributed by atoms with E-state index in [1.165, 1.54) is 0 Å². The average molecular weight is 424 g/mol. The molecule has 1 unspecified atom stereocenters. The molecule has 0 bridgehead atoms. The summed E-state index contributed by atoms with van der Waals surface area (Å²) in [6.45, 7) is 3.03. The second kappa shape index (κ2) is 10.9. The van der Waals surface area contributed by atoms with Crippen molar-refractivity contribution in [3.63, 3.8) is 0 Å². The molecule has 2 rings (SSSR count). The van der Waals surface area contributed by atoms with E-state index in [1.54, 1.807) is 49.4 Å². The second-order valence-corrected chi connectivity index (χ2v) is 6.99. The van der Waals surface area contributed by atoms with Crippen LogP contribution in [0.1, 0.15) is 29.3 Å². The van der Waals surface area contributed by atoms with E-state index in [2.05, 4.69) is 10.6 Å². The van der Waals surface area contributed by atoms with Crippen LogP contribution >= 0.6 is 23.2 Å². The fourth-order valence-corrected chi connectivity index (χ4v) is 2.78. The molecule has 0 heterocycles. The zero-order valence-corrected chi connectivity index (χ0v) is 17.0. The summed E-state index contributed by atoms with van der Waals surface area (Å²) in [4.78, 5) is 24.2. The summed E-state index contributed by atoms with van der Waals surface area (Å²) in [5, 5.41) is 6.42. The highest BCUT2D eigenvalue weighted by atomic mass is 35.5. The Balaban J connectivity index is 1.83. The Hall–Kier alpha value is -2.28. The van der Waals surface area contributed by atoms with Crippen LogP contribution < -0.4 is 21.1 Å². The molecule has 0 saturated carbocycles. The summed E-state index contributed by atoms with van der Waals surface area (Å²) in [6.07, 6.45) is 0.00317. The number of halogens is 2. The molecule has 0 aliphatic rings. The molecular weight excluding hydrogens is 401 g/mol. The number of amides is 2. The van der Waals surface area contributed by atoms with E-state index in [0.29, 0.717) is 41.0 Å². The van der Waals surface area contributed by atoms with E-state index in [1.807, 2.05) is 0 Å². The Morgan fingerprint density at radius 2 is 1.82 bits per heavy atom. The first-order chi connectivity index (χ1) is 13.4. The summed E-state index contributed by atoms with van der Waals surface area (Å²) in [6, 6.07) is 11.8. The number of nitrogens with one attached hydrogen (secondary N) is 2. The van der Waals surface area contributed by atoms with Gasteiger partial charge in [0.05, 0.1) is 5.02 Å². The molecule has 4 N–H and O–H groups in total. The normalized spacial score (nSPS) is 11.6. The largest absolute Gasteiger partial charge is 0.479 e. The van der Waals surface area contributed by atoms with Gasteiger partial charge < -0.3 is 21.1 Å². The molecule has 28 heavy (non-hydrogen) atoms. The molecule has 8 heteroatoms. The molecule has 6 nitrogen and oxygen atoms in total. The van der Waals surface area contributed by atoms with Crippen molar-refractivity contribution in [1.29, 1.82) is 0 Å². The molecule has 2 aromatic rings. The van der Waals surface area contributed by atoms with E-state index in [0.717, 1.165) is 12.0 Å². The predicted octanol–water partition coefficient (Wildman–Crippen LogP) is 3.16. The first-order valence-corrected chi connectivity index (χ1v) is 9.63. The van der Waals surface area contributed by atoms with Crippen molar-refractivity contribution >= 4 is 35.0 Å². The topological polar surface area (TPSA) is 93.4 Å². The van der Waals surface area contributed by atoms with Gasteiger partial charge >= 0.3 is 0 Å². The third-order valence-corrected chi connectivity index (χ3v) is 4.45. The maximum absolute atomic E-state index is 12.2. The van der Waals surface area contributed by atoms with Crippen LogP contribution in [0.3, 0.4) is 0 Å². The maximum atomic E-state index is 12.2. The summed E-state index contributed by atoms with van der Waals surface area (Å²) in [5.41, 5.74) is 6.82. The van der Waals surface area contributed by atoms with Crippen LogP contribution in [0.2, 0.25) is 10.0 Å². The molecule has 0 spiro atoms. The molecule has 0 aliphatic carbocycles. The van der Waals surface area contributed by atoms with Gasteiger partial charge in [-0.2, -0.15) is 0 Å². The SMILES string of the molecule is CC(Oc1ccc(Cl)cc1Cl)C(=O)NCc1ccc(C(=O)NCCCN)cc1. The minimum Gasteiger partial charge on any atom is -0.479 e. The smallest absolute Gasteiger partial charge is 0.261 e. The molecule has 0 aliphatic heterocycles. The zero-order chi connectivity index (χ0) is 20.5. The highest BCUT2D eigenvalue weighted by molar-refractivity contribution is 6.35. The molecule has 1 atom stereocenters. The van der Waals surface area contributed by atoms with Gasteiger partial charge in [-0.15, -0.1) is 0 Å². The quantitative estimate of drug-likeness (QED) is 0.539. The summed E-state index contributed by atoms with van der Waals surface area (Å²) < 4.78 is 5.58. The molecule has 0 aromatic heterocycles. The number of hydrogen-bond donors (Lipinski definition) is 3. The van der Waals surface area contributed by atoms with Crippen molar-refractivity contribution < 1.29 is 14.3 Å². The van der Waals surface area contributed by atoms with Gasteiger partial charge in [0.15, 0.2) is 6.10 Å². The number of ether oxygens (including phenoxy) is 1. The minimum atomic E-state index is -0.730. The fourth-order valence-electron chi connectivity index (χ4n) is 2.33. The monoisotopic (exact) mass is 423 g/mol. The van der Waals surface area contributed by atoms with E-state index < -0.39 is 6.10 Å². The zero-order valence-electron chi connectivity index (χ0n) is 15.5. The van der Waals surface area contributed by atoms with Crippen molar-refractivity contribution in [2.24, 2.45) is 5.73 Å². The Bertz CT molecular complexity index is 813. The summed E-state index contributed by atoms with van der Waals surface area (Å²) in [5.74, 6) is -0.0424. The Kier molecular flexibility index (Phi) is 8.57. The molecular formula is C20H23Cl2N3O3. The lowest BCUT2D eigenvalue weighted by Crippen LogP contribution is -2.36. The molecule has 150 valence electrons. The molecule has 0 radical (unpaired) electrons. The number of hydrogen-bond acceptors (Lipinski definition) is 4. The standard InChI is InChI=1S/C20H23Cl2N3O3/c1-13(28-18-8-7-16(21)11-17(18)22)19(26)25-12-14-3-5-15(6-4-14)20(27)24-10-2-9-23/h3-8,11,13H,2,9-10,12,23H2,1H3,(H,24,27)(H,25,26). The Morgan fingerprint density at radius 1 is 1.11 bits per heavy atom. The Labute approximate surface area is 174 Å². The number of rotatable bonds is 9. The van der Waals surface area contributed by atoms with Crippen molar-refractivity contribution in [1.82, 2.24) is 10.6 Å². The van der Waals surface area contributed by atoms with Gasteiger partial charge in [-0.25, -0.2) is 0 Å². The lowest BCUT2D eigenvalue weighted by Gasteiger charge is -2.16. The second-order valence-electron chi connectivity index (χ2n) is 6.15. The highest BCUT2D eigenvalue weighted by Crippen LogP contribution is 2.28. The fraction of sp³-hybridized carbons (Fsp3) is 0.300. The van der Waals surface area contributed by atoms with Gasteiger partial charge in [0, 0.05) is 23.7 Å². The third kappa shape index (κ3) is 6.71. The molecule has 2 amide bonds. The minimum absolute atomic E-state index is 0.147.